The van der Waals surface area contributed by atoms with E-state index in [0.717, 1.165) is 18.4 Å². The zero-order chi connectivity index (χ0) is 19.3. The minimum absolute atomic E-state index is 0.200. The monoisotopic (exact) mass is 378 g/mol. The fourth-order valence-corrected chi connectivity index (χ4v) is 3.38. The Bertz CT molecular complexity index is 942. The predicted octanol–water partition coefficient (Wildman–Crippen LogP) is 4.50. The summed E-state index contributed by atoms with van der Waals surface area (Å²) in [4.78, 5) is 19.2. The van der Waals surface area contributed by atoms with Crippen molar-refractivity contribution in [2.24, 2.45) is 0 Å². The molecule has 28 heavy (non-hydrogen) atoms. The second kappa shape index (κ2) is 8.12. The second-order valence-corrected chi connectivity index (χ2v) is 6.53. The van der Waals surface area contributed by atoms with Crippen LogP contribution in [0.3, 0.4) is 0 Å². The number of carbonyl (C=O) groups is 1. The van der Waals surface area contributed by atoms with Crippen LogP contribution in [-0.4, -0.2) is 34.2 Å². The minimum atomic E-state index is -0.232. The van der Waals surface area contributed by atoms with Gasteiger partial charge >= 0.3 is 6.03 Å². The maximum absolute atomic E-state index is 12.9. The van der Waals surface area contributed by atoms with Crippen molar-refractivity contribution in [2.75, 3.05) is 18.5 Å². The van der Waals surface area contributed by atoms with Gasteiger partial charge < -0.3 is 19.5 Å². The van der Waals surface area contributed by atoms with Gasteiger partial charge in [0.1, 0.15) is 11.8 Å². The molecular formula is C21H22N4O3. The molecule has 2 amide bonds. The molecule has 1 aliphatic rings. The summed E-state index contributed by atoms with van der Waals surface area (Å²) in [6, 6.07) is 16.6. The van der Waals surface area contributed by atoms with Crippen LogP contribution in [0.5, 0.6) is 5.75 Å². The maximum atomic E-state index is 12.9. The van der Waals surface area contributed by atoms with Crippen molar-refractivity contribution in [1.82, 2.24) is 15.0 Å². The van der Waals surface area contributed by atoms with Crippen LogP contribution in [0.25, 0.3) is 11.4 Å². The minimum Gasteiger partial charge on any atom is -0.492 e. The van der Waals surface area contributed by atoms with Gasteiger partial charge in [-0.2, -0.15) is 4.98 Å². The zero-order valence-electron chi connectivity index (χ0n) is 15.7. The first-order valence-corrected chi connectivity index (χ1v) is 9.44. The quantitative estimate of drug-likeness (QED) is 0.707. The Morgan fingerprint density at radius 3 is 2.82 bits per heavy atom. The lowest BCUT2D eigenvalue weighted by molar-refractivity contribution is 0.193. The number of hydrogen-bond acceptors (Lipinski definition) is 5. The molecule has 1 N–H and O–H groups in total. The fourth-order valence-electron chi connectivity index (χ4n) is 3.38. The van der Waals surface area contributed by atoms with Crippen molar-refractivity contribution in [3.05, 3.63) is 60.5 Å². The number of anilines is 1. The SMILES string of the molecule is CCOc1ccccc1NC(=O)N1CCC[C@H]1c1nc(-c2ccccc2)no1. The topological polar surface area (TPSA) is 80.5 Å². The van der Waals surface area contributed by atoms with Crippen LogP contribution in [0, 0.1) is 0 Å². The molecule has 2 aromatic carbocycles. The van der Waals surface area contributed by atoms with Crippen molar-refractivity contribution >= 4 is 11.7 Å². The van der Waals surface area contributed by atoms with Crippen LogP contribution >= 0.6 is 0 Å². The number of hydrogen-bond donors (Lipinski definition) is 1. The molecule has 7 nitrogen and oxygen atoms in total. The number of para-hydroxylation sites is 2. The van der Waals surface area contributed by atoms with E-state index in [4.69, 9.17) is 9.26 Å². The van der Waals surface area contributed by atoms with E-state index in [1.165, 1.54) is 0 Å². The van der Waals surface area contributed by atoms with Crippen LogP contribution in [0.15, 0.2) is 59.1 Å². The molecule has 1 fully saturated rings. The first-order valence-electron chi connectivity index (χ1n) is 9.44. The number of ether oxygens (including phenoxy) is 1. The van der Waals surface area contributed by atoms with Crippen LogP contribution < -0.4 is 10.1 Å². The molecular weight excluding hydrogens is 356 g/mol. The van der Waals surface area contributed by atoms with Crippen molar-refractivity contribution in [2.45, 2.75) is 25.8 Å². The van der Waals surface area contributed by atoms with E-state index in [-0.39, 0.29) is 12.1 Å². The van der Waals surface area contributed by atoms with Crippen molar-refractivity contribution in [1.29, 1.82) is 0 Å². The van der Waals surface area contributed by atoms with Gasteiger partial charge in [-0.1, -0.05) is 47.6 Å². The number of carbonyl (C=O) groups excluding carboxylic acids is 1. The van der Waals surface area contributed by atoms with Gasteiger partial charge in [-0.3, -0.25) is 0 Å². The zero-order valence-corrected chi connectivity index (χ0v) is 15.7. The molecule has 2 heterocycles. The molecule has 0 bridgehead atoms. The van der Waals surface area contributed by atoms with Crippen LogP contribution in [0.4, 0.5) is 10.5 Å². The van der Waals surface area contributed by atoms with E-state index in [0.29, 0.717) is 36.3 Å². The Morgan fingerprint density at radius 1 is 1.21 bits per heavy atom. The number of nitrogens with one attached hydrogen (secondary N) is 1. The molecule has 144 valence electrons. The van der Waals surface area contributed by atoms with E-state index >= 15 is 0 Å². The molecule has 4 rings (SSSR count). The van der Waals surface area contributed by atoms with Gasteiger partial charge in [-0.05, 0) is 31.9 Å². The highest BCUT2D eigenvalue weighted by molar-refractivity contribution is 5.91. The van der Waals surface area contributed by atoms with Crippen molar-refractivity contribution in [3.8, 4) is 17.1 Å². The average Bonchev–Trinajstić information content (AvgIpc) is 3.40. The highest BCUT2D eigenvalue weighted by atomic mass is 16.5. The van der Waals surface area contributed by atoms with Gasteiger partial charge in [0.25, 0.3) is 0 Å². The maximum Gasteiger partial charge on any atom is 0.322 e. The third-order valence-corrected chi connectivity index (χ3v) is 4.70. The average molecular weight is 378 g/mol. The first-order chi connectivity index (χ1) is 13.8. The third kappa shape index (κ3) is 3.69. The number of rotatable bonds is 5. The summed E-state index contributed by atoms with van der Waals surface area (Å²) in [5.41, 5.74) is 1.53. The number of benzene rings is 2. The van der Waals surface area contributed by atoms with E-state index in [1.54, 1.807) is 4.90 Å². The highest BCUT2D eigenvalue weighted by Gasteiger charge is 2.34. The van der Waals surface area contributed by atoms with Gasteiger partial charge in [0.15, 0.2) is 0 Å². The summed E-state index contributed by atoms with van der Waals surface area (Å²) in [5.74, 6) is 1.65. The molecule has 0 radical (unpaired) electrons. The number of aromatic nitrogens is 2. The van der Waals surface area contributed by atoms with Crippen molar-refractivity contribution in [3.63, 3.8) is 0 Å². The molecule has 7 heteroatoms. The Kier molecular flexibility index (Phi) is 5.23. The molecule has 1 atom stereocenters. The molecule has 0 saturated carbocycles. The summed E-state index contributed by atoms with van der Waals surface area (Å²) < 4.78 is 11.1. The van der Waals surface area contributed by atoms with Gasteiger partial charge in [-0.15, -0.1) is 0 Å². The normalized spacial score (nSPS) is 16.2. The van der Waals surface area contributed by atoms with Gasteiger partial charge in [-0.25, -0.2) is 4.79 Å². The van der Waals surface area contributed by atoms with Gasteiger partial charge in [0.2, 0.25) is 11.7 Å². The standard InChI is InChI=1S/C21H22N4O3/c1-2-27-18-13-7-6-11-16(18)22-21(26)25-14-8-12-17(25)20-23-19(24-28-20)15-9-4-3-5-10-15/h3-7,9-11,13,17H,2,8,12,14H2,1H3,(H,22,26)/t17-/m0/s1. The summed E-state index contributed by atoms with van der Waals surface area (Å²) in [6.07, 6.45) is 1.67. The Morgan fingerprint density at radius 2 is 2.00 bits per heavy atom. The molecule has 3 aromatic rings. The second-order valence-electron chi connectivity index (χ2n) is 6.53. The lowest BCUT2D eigenvalue weighted by Crippen LogP contribution is -2.34. The van der Waals surface area contributed by atoms with Crippen LogP contribution in [-0.2, 0) is 0 Å². The molecule has 0 aliphatic carbocycles. The van der Waals surface area contributed by atoms with E-state index < -0.39 is 0 Å². The highest BCUT2D eigenvalue weighted by Crippen LogP contribution is 2.33. The van der Waals surface area contributed by atoms with Crippen LogP contribution in [0.2, 0.25) is 0 Å². The predicted molar refractivity (Wildman–Crippen MR) is 105 cm³/mol. The Balaban J connectivity index is 1.51. The summed E-state index contributed by atoms with van der Waals surface area (Å²) in [7, 11) is 0. The largest absolute Gasteiger partial charge is 0.492 e. The van der Waals surface area contributed by atoms with E-state index in [1.807, 2.05) is 61.5 Å². The van der Waals surface area contributed by atoms with Gasteiger partial charge in [0, 0.05) is 12.1 Å². The third-order valence-electron chi connectivity index (χ3n) is 4.70. The number of likely N-dealkylation sites (tertiary alicyclic amines) is 1. The summed E-state index contributed by atoms with van der Waals surface area (Å²) in [5, 5.41) is 7.03. The smallest absolute Gasteiger partial charge is 0.322 e. The summed E-state index contributed by atoms with van der Waals surface area (Å²) in [6.45, 7) is 3.08. The van der Waals surface area contributed by atoms with E-state index in [2.05, 4.69) is 15.5 Å². The van der Waals surface area contributed by atoms with E-state index in [9.17, 15) is 4.79 Å². The number of amides is 2. The lowest BCUT2D eigenvalue weighted by Gasteiger charge is -2.23. The van der Waals surface area contributed by atoms with Crippen molar-refractivity contribution < 1.29 is 14.1 Å². The molecule has 1 saturated heterocycles. The number of urea groups is 1. The van der Waals surface area contributed by atoms with Crippen LogP contribution in [0.1, 0.15) is 31.7 Å². The summed E-state index contributed by atoms with van der Waals surface area (Å²) >= 11 is 0. The fraction of sp³-hybridized carbons (Fsp3) is 0.286. The Labute approximate surface area is 163 Å². The molecule has 0 unspecified atom stereocenters. The Hall–Kier alpha value is -3.35. The molecule has 1 aliphatic heterocycles. The lowest BCUT2D eigenvalue weighted by atomic mass is 10.2. The molecule has 1 aromatic heterocycles. The first kappa shape index (κ1) is 18.0. The van der Waals surface area contributed by atoms with Gasteiger partial charge in [0.05, 0.1) is 12.3 Å². The number of nitrogens with zero attached hydrogens (tertiary/aromatic N) is 3. The molecule has 0 spiro atoms.